The highest BCUT2D eigenvalue weighted by atomic mass is 16.4. The molecule has 0 bridgehead atoms. The third kappa shape index (κ3) is 3.74. The molecule has 0 saturated carbocycles. The van der Waals surface area contributed by atoms with E-state index in [4.69, 9.17) is 0 Å². The zero-order chi connectivity index (χ0) is 16.2. The molecule has 0 radical (unpaired) electrons. The number of aliphatic carboxylic acids is 1. The van der Waals surface area contributed by atoms with Crippen LogP contribution in [0, 0.1) is 11.3 Å². The summed E-state index contributed by atoms with van der Waals surface area (Å²) in [6.45, 7) is 5.71. The summed E-state index contributed by atoms with van der Waals surface area (Å²) >= 11 is 0. The number of hydrogen-bond donors (Lipinski definition) is 2. The summed E-state index contributed by atoms with van der Waals surface area (Å²) in [5.41, 5.74) is -1.11. The zero-order valence-electron chi connectivity index (χ0n) is 13.3. The highest BCUT2D eigenvalue weighted by molar-refractivity contribution is 5.90. The molecule has 21 heavy (non-hydrogen) atoms. The average molecular weight is 298 g/mol. The lowest BCUT2D eigenvalue weighted by molar-refractivity contribution is -0.157. The van der Waals surface area contributed by atoms with E-state index in [1.54, 1.807) is 32.7 Å². The molecule has 0 spiro atoms. The number of nitrogens with one attached hydrogen (secondary N) is 1. The molecule has 0 aromatic rings. The summed E-state index contributed by atoms with van der Waals surface area (Å²) in [6.07, 6.45) is 2.32. The third-order valence-corrected chi connectivity index (χ3v) is 4.65. The van der Waals surface area contributed by atoms with Gasteiger partial charge in [0.25, 0.3) is 0 Å². The average Bonchev–Trinajstić information content (AvgIpc) is 2.45. The number of carbonyl (C=O) groups excluding carboxylic acids is 2. The van der Waals surface area contributed by atoms with E-state index in [2.05, 4.69) is 5.32 Å². The van der Waals surface area contributed by atoms with Gasteiger partial charge in [0.15, 0.2) is 0 Å². The zero-order valence-corrected chi connectivity index (χ0v) is 13.3. The fraction of sp³-hybridized carbons (Fsp3) is 0.800. The molecule has 1 rings (SSSR count). The van der Waals surface area contributed by atoms with E-state index in [0.717, 1.165) is 12.8 Å². The van der Waals surface area contributed by atoms with Gasteiger partial charge in [-0.05, 0) is 32.1 Å². The normalized spacial score (nSPS) is 21.8. The minimum Gasteiger partial charge on any atom is -0.481 e. The standard InChI is InChI=1S/C15H26N2O4/c1-10(2)15(3,14(20)21)9-12(18)17-8-6-5-7-11(17)13(19)16-4/h10-11H,5-9H2,1-4H3,(H,16,19)(H,20,21). The predicted molar refractivity (Wildman–Crippen MR) is 78.6 cm³/mol. The van der Waals surface area contributed by atoms with Gasteiger partial charge in [-0.2, -0.15) is 0 Å². The number of piperidine rings is 1. The summed E-state index contributed by atoms with van der Waals surface area (Å²) in [5.74, 6) is -1.56. The van der Waals surface area contributed by atoms with Crippen molar-refractivity contribution >= 4 is 17.8 Å². The molecule has 6 heteroatoms. The predicted octanol–water partition coefficient (Wildman–Crippen LogP) is 1.25. The molecule has 0 aliphatic carbocycles. The molecular formula is C15H26N2O4. The van der Waals surface area contributed by atoms with Crippen molar-refractivity contribution in [2.45, 2.75) is 52.5 Å². The first kappa shape index (κ1) is 17.5. The quantitative estimate of drug-likeness (QED) is 0.799. The van der Waals surface area contributed by atoms with Crippen molar-refractivity contribution in [3.05, 3.63) is 0 Å². The summed E-state index contributed by atoms with van der Waals surface area (Å²) in [7, 11) is 1.55. The van der Waals surface area contributed by atoms with Gasteiger partial charge < -0.3 is 15.3 Å². The second-order valence-corrected chi connectivity index (χ2v) is 6.27. The van der Waals surface area contributed by atoms with Crippen LogP contribution in [-0.4, -0.2) is 47.4 Å². The Morgan fingerprint density at radius 3 is 2.43 bits per heavy atom. The molecule has 2 unspecified atom stereocenters. The van der Waals surface area contributed by atoms with Crippen LogP contribution in [-0.2, 0) is 14.4 Å². The maximum atomic E-state index is 12.5. The molecule has 1 fully saturated rings. The van der Waals surface area contributed by atoms with Gasteiger partial charge in [-0.3, -0.25) is 14.4 Å². The molecule has 120 valence electrons. The Labute approximate surface area is 125 Å². The number of carboxylic acid groups (broad SMARTS) is 1. The Hall–Kier alpha value is -1.59. The number of carboxylic acids is 1. The van der Waals surface area contributed by atoms with E-state index in [0.29, 0.717) is 13.0 Å². The number of rotatable bonds is 5. The number of carbonyl (C=O) groups is 3. The van der Waals surface area contributed by atoms with Crippen LogP contribution in [0.25, 0.3) is 0 Å². The Bertz CT molecular complexity index is 422. The van der Waals surface area contributed by atoms with Gasteiger partial charge in [0.2, 0.25) is 11.8 Å². The summed E-state index contributed by atoms with van der Waals surface area (Å²) < 4.78 is 0. The summed E-state index contributed by atoms with van der Waals surface area (Å²) in [5, 5.41) is 12.0. The second-order valence-electron chi connectivity index (χ2n) is 6.27. The number of nitrogens with zero attached hydrogens (tertiary/aromatic N) is 1. The van der Waals surface area contributed by atoms with E-state index in [1.165, 1.54) is 0 Å². The van der Waals surface area contributed by atoms with Crippen molar-refractivity contribution in [3.63, 3.8) is 0 Å². The minimum absolute atomic E-state index is 0.0759. The largest absolute Gasteiger partial charge is 0.481 e. The van der Waals surface area contributed by atoms with Gasteiger partial charge in [-0.25, -0.2) is 0 Å². The van der Waals surface area contributed by atoms with Gasteiger partial charge in [0.1, 0.15) is 6.04 Å². The van der Waals surface area contributed by atoms with Crippen LogP contribution < -0.4 is 5.32 Å². The van der Waals surface area contributed by atoms with Crippen molar-refractivity contribution in [2.24, 2.45) is 11.3 Å². The van der Waals surface area contributed by atoms with Crippen molar-refractivity contribution < 1.29 is 19.5 Å². The fourth-order valence-electron chi connectivity index (χ4n) is 2.61. The van der Waals surface area contributed by atoms with Crippen LogP contribution in [0.3, 0.4) is 0 Å². The molecule has 0 aromatic carbocycles. The smallest absolute Gasteiger partial charge is 0.310 e. The van der Waals surface area contributed by atoms with E-state index >= 15 is 0 Å². The number of likely N-dealkylation sites (N-methyl/N-ethyl adjacent to an activating group) is 1. The van der Waals surface area contributed by atoms with E-state index in [1.807, 2.05) is 0 Å². The lowest BCUT2D eigenvalue weighted by Gasteiger charge is -2.37. The van der Waals surface area contributed by atoms with Crippen molar-refractivity contribution in [1.82, 2.24) is 10.2 Å². The third-order valence-electron chi connectivity index (χ3n) is 4.65. The highest BCUT2D eigenvalue weighted by Gasteiger charge is 2.42. The molecule has 1 aliphatic rings. The number of amides is 2. The monoisotopic (exact) mass is 298 g/mol. The van der Waals surface area contributed by atoms with E-state index in [-0.39, 0.29) is 24.2 Å². The van der Waals surface area contributed by atoms with Crippen molar-refractivity contribution in [1.29, 1.82) is 0 Å². The highest BCUT2D eigenvalue weighted by Crippen LogP contribution is 2.33. The Morgan fingerprint density at radius 1 is 1.33 bits per heavy atom. The number of likely N-dealkylation sites (tertiary alicyclic amines) is 1. The van der Waals surface area contributed by atoms with Crippen LogP contribution in [0.4, 0.5) is 0 Å². The van der Waals surface area contributed by atoms with Crippen LogP contribution in [0.2, 0.25) is 0 Å². The molecule has 1 saturated heterocycles. The molecule has 2 N–H and O–H groups in total. The molecule has 2 amide bonds. The molecular weight excluding hydrogens is 272 g/mol. The molecule has 6 nitrogen and oxygen atoms in total. The molecule has 1 aliphatic heterocycles. The SMILES string of the molecule is CNC(=O)C1CCCCN1C(=O)CC(C)(C(=O)O)C(C)C. The minimum atomic E-state index is -1.11. The lowest BCUT2D eigenvalue weighted by atomic mass is 9.76. The first-order valence-corrected chi connectivity index (χ1v) is 7.48. The van der Waals surface area contributed by atoms with Crippen LogP contribution in [0.5, 0.6) is 0 Å². The van der Waals surface area contributed by atoms with Crippen molar-refractivity contribution in [3.8, 4) is 0 Å². The Kier molecular flexibility index (Phi) is 5.75. The fourth-order valence-corrected chi connectivity index (χ4v) is 2.61. The van der Waals surface area contributed by atoms with Gasteiger partial charge in [0.05, 0.1) is 5.41 Å². The van der Waals surface area contributed by atoms with Gasteiger partial charge in [-0.1, -0.05) is 13.8 Å². The van der Waals surface area contributed by atoms with Gasteiger partial charge in [0, 0.05) is 20.0 Å². The van der Waals surface area contributed by atoms with E-state index < -0.39 is 17.4 Å². The van der Waals surface area contributed by atoms with Crippen LogP contribution in [0.1, 0.15) is 46.5 Å². The van der Waals surface area contributed by atoms with Crippen molar-refractivity contribution in [2.75, 3.05) is 13.6 Å². The second kappa shape index (κ2) is 6.91. The first-order valence-electron chi connectivity index (χ1n) is 7.48. The summed E-state index contributed by atoms with van der Waals surface area (Å²) in [4.78, 5) is 37.5. The first-order chi connectivity index (χ1) is 9.74. The van der Waals surface area contributed by atoms with Gasteiger partial charge in [-0.15, -0.1) is 0 Å². The summed E-state index contributed by atoms with van der Waals surface area (Å²) in [6, 6.07) is -0.471. The lowest BCUT2D eigenvalue weighted by Crippen LogP contribution is -2.52. The van der Waals surface area contributed by atoms with Crippen LogP contribution in [0.15, 0.2) is 0 Å². The molecule has 0 aromatic heterocycles. The van der Waals surface area contributed by atoms with Gasteiger partial charge >= 0.3 is 5.97 Å². The van der Waals surface area contributed by atoms with Crippen LogP contribution >= 0.6 is 0 Å². The maximum absolute atomic E-state index is 12.5. The topological polar surface area (TPSA) is 86.7 Å². The molecule has 2 atom stereocenters. The Morgan fingerprint density at radius 2 is 1.95 bits per heavy atom. The maximum Gasteiger partial charge on any atom is 0.310 e. The Balaban J connectivity index is 2.89. The molecule has 1 heterocycles. The number of hydrogen-bond acceptors (Lipinski definition) is 3. The van der Waals surface area contributed by atoms with E-state index in [9.17, 15) is 19.5 Å².